The molecule has 1 unspecified atom stereocenters. The van der Waals surface area contributed by atoms with Crippen LogP contribution in [-0.4, -0.2) is 49.6 Å². The van der Waals surface area contributed by atoms with E-state index in [1.54, 1.807) is 19.3 Å². The van der Waals surface area contributed by atoms with Gasteiger partial charge in [-0.2, -0.15) is 4.98 Å². The summed E-state index contributed by atoms with van der Waals surface area (Å²) in [5, 5.41) is 12.6. The van der Waals surface area contributed by atoms with Crippen molar-refractivity contribution in [3.63, 3.8) is 0 Å². The Morgan fingerprint density at radius 2 is 1.60 bits per heavy atom. The van der Waals surface area contributed by atoms with Crippen LogP contribution >= 0.6 is 9.24 Å². The molecule has 7 nitrogen and oxygen atoms in total. The number of halogens is 3. The predicted octanol–water partition coefficient (Wildman–Crippen LogP) is 8.38. The smallest absolute Gasteiger partial charge is 0.261 e. The minimum absolute atomic E-state index is 0.312. The van der Waals surface area contributed by atoms with E-state index in [0.29, 0.717) is 22.9 Å². The van der Waals surface area contributed by atoms with Gasteiger partial charge in [-0.25, -0.2) is 18.2 Å². The molecule has 0 bridgehead atoms. The number of carbonyl (C=O) groups excluding carboxylic acids is 1. The molecule has 11 heteroatoms. The molecule has 3 rings (SSSR count). The fourth-order valence-electron chi connectivity index (χ4n) is 3.00. The molecule has 0 spiro atoms. The van der Waals surface area contributed by atoms with Crippen LogP contribution in [-0.2, 0) is 4.79 Å². The molecule has 1 heterocycles. The molecular weight excluding hydrogens is 572 g/mol. The first-order valence-electron chi connectivity index (χ1n) is 14.1. The van der Waals surface area contributed by atoms with Crippen LogP contribution in [0.15, 0.2) is 48.7 Å². The summed E-state index contributed by atoms with van der Waals surface area (Å²) in [5.74, 6) is 0.274. The summed E-state index contributed by atoms with van der Waals surface area (Å²) in [5.41, 5.74) is 1.92. The summed E-state index contributed by atoms with van der Waals surface area (Å²) in [7, 11) is 5.12. The zero-order valence-electron chi connectivity index (χ0n) is 27.0. The lowest BCUT2D eigenvalue weighted by atomic mass is 10.0. The summed E-state index contributed by atoms with van der Waals surface area (Å²) in [6, 6.07) is 13.1. The second-order valence-corrected chi connectivity index (χ2v) is 12.4. The summed E-state index contributed by atoms with van der Waals surface area (Å²) in [6.07, 6.45) is 2.66. The molecule has 240 valence electrons. The molecule has 0 amide bonds. The van der Waals surface area contributed by atoms with E-state index in [0.717, 1.165) is 41.9 Å². The van der Waals surface area contributed by atoms with Crippen molar-refractivity contribution in [1.82, 2.24) is 15.3 Å². The van der Waals surface area contributed by atoms with Gasteiger partial charge in [0.15, 0.2) is 0 Å². The first-order chi connectivity index (χ1) is 20.0. The zero-order chi connectivity index (χ0) is 33.2. The van der Waals surface area contributed by atoms with E-state index >= 15 is 0 Å². The Bertz CT molecular complexity index is 1210. The Morgan fingerprint density at radius 1 is 1.00 bits per heavy atom. The number of aromatic nitrogens is 2. The van der Waals surface area contributed by atoms with Crippen LogP contribution in [0.2, 0.25) is 0 Å². The van der Waals surface area contributed by atoms with Gasteiger partial charge < -0.3 is 26.1 Å². The lowest BCUT2D eigenvalue weighted by Crippen LogP contribution is -2.14. The van der Waals surface area contributed by atoms with Gasteiger partial charge in [-0.05, 0) is 67.7 Å². The molecule has 1 atom stereocenters. The van der Waals surface area contributed by atoms with Crippen molar-refractivity contribution in [3.8, 4) is 11.1 Å². The Hall–Kier alpha value is -3.23. The van der Waals surface area contributed by atoms with E-state index in [1.807, 2.05) is 51.1 Å². The van der Waals surface area contributed by atoms with Crippen LogP contribution in [0.4, 0.5) is 36.3 Å². The van der Waals surface area contributed by atoms with Crippen LogP contribution in [0.3, 0.4) is 0 Å². The van der Waals surface area contributed by atoms with Gasteiger partial charge in [0.25, 0.3) is 5.66 Å². The number of aryl methyl sites for hydroxylation is 1. The van der Waals surface area contributed by atoms with Gasteiger partial charge in [-0.3, -0.25) is 0 Å². The molecular formula is C32H50F3N6OP. The molecule has 0 fully saturated rings. The summed E-state index contributed by atoms with van der Waals surface area (Å²) in [4.78, 5) is 17.1. The van der Waals surface area contributed by atoms with Gasteiger partial charge in [-0.15, -0.1) is 0 Å². The number of hydrogen-bond acceptors (Lipinski definition) is 7. The first-order valence-corrected chi connectivity index (χ1v) is 14.6. The van der Waals surface area contributed by atoms with Crippen molar-refractivity contribution in [2.75, 3.05) is 43.1 Å². The van der Waals surface area contributed by atoms with Crippen LogP contribution < -0.4 is 21.3 Å². The van der Waals surface area contributed by atoms with Crippen molar-refractivity contribution in [3.05, 3.63) is 60.0 Å². The number of anilines is 4. The normalized spacial score (nSPS) is 10.7. The van der Waals surface area contributed by atoms with Crippen LogP contribution in [0, 0.1) is 24.1 Å². The van der Waals surface area contributed by atoms with Gasteiger partial charge in [0, 0.05) is 37.0 Å². The average Bonchev–Trinajstić information content (AvgIpc) is 2.91. The second-order valence-electron chi connectivity index (χ2n) is 11.6. The van der Waals surface area contributed by atoms with E-state index in [1.165, 1.54) is 29.2 Å². The number of alkyl halides is 2. The minimum atomic E-state index is -2.58. The maximum atomic E-state index is 14.3. The summed E-state index contributed by atoms with van der Waals surface area (Å²) < 4.78 is 37.9. The largest absolute Gasteiger partial charge is 0.386 e. The Labute approximate surface area is 258 Å². The quantitative estimate of drug-likeness (QED) is 0.133. The highest BCUT2D eigenvalue weighted by atomic mass is 31.0. The lowest BCUT2D eigenvalue weighted by Gasteiger charge is -2.14. The van der Waals surface area contributed by atoms with Crippen molar-refractivity contribution in [2.45, 2.75) is 60.6 Å². The third kappa shape index (κ3) is 17.5. The molecule has 3 aromatic rings. The van der Waals surface area contributed by atoms with E-state index < -0.39 is 11.6 Å². The average molecular weight is 623 g/mol. The molecule has 0 aliphatic heterocycles. The molecule has 0 aliphatic carbocycles. The molecule has 1 aromatic heterocycles. The van der Waals surface area contributed by atoms with Gasteiger partial charge in [-0.1, -0.05) is 69.0 Å². The van der Waals surface area contributed by atoms with E-state index in [-0.39, 0.29) is 5.82 Å². The Balaban J connectivity index is 0.00000105. The number of hydrogen-bond donors (Lipinski definition) is 4. The lowest BCUT2D eigenvalue weighted by molar-refractivity contribution is -0.0980. The fourth-order valence-corrected chi connectivity index (χ4v) is 3.00. The molecule has 43 heavy (non-hydrogen) atoms. The van der Waals surface area contributed by atoms with Gasteiger partial charge in [0.2, 0.25) is 5.95 Å². The molecule has 0 radical (unpaired) electrons. The maximum Gasteiger partial charge on any atom is 0.261 e. The number of nitrogens with one attached hydrogen (secondary N) is 4. The number of nitrogens with zero attached hydrogens (tertiary/aromatic N) is 2. The van der Waals surface area contributed by atoms with Crippen molar-refractivity contribution in [1.29, 1.82) is 0 Å². The third-order valence-electron chi connectivity index (χ3n) is 5.28. The van der Waals surface area contributed by atoms with E-state index in [4.69, 9.17) is 4.79 Å². The summed E-state index contributed by atoms with van der Waals surface area (Å²) >= 11 is 0. The van der Waals surface area contributed by atoms with Crippen LogP contribution in [0.25, 0.3) is 11.1 Å². The molecule has 0 aliphatic rings. The van der Waals surface area contributed by atoms with E-state index in [9.17, 15) is 13.2 Å². The monoisotopic (exact) mass is 622 g/mol. The molecule has 4 N–H and O–H groups in total. The van der Waals surface area contributed by atoms with Gasteiger partial charge in [0.1, 0.15) is 18.4 Å². The molecule has 2 aromatic carbocycles. The molecule has 0 saturated heterocycles. The highest BCUT2D eigenvalue weighted by molar-refractivity contribution is 7.18. The number of benzene rings is 2. The topological polar surface area (TPSA) is 91.0 Å². The Kier molecular flexibility index (Phi) is 18.4. The van der Waals surface area contributed by atoms with E-state index in [2.05, 4.69) is 58.9 Å². The molecule has 0 saturated carbocycles. The predicted molar refractivity (Wildman–Crippen MR) is 180 cm³/mol. The van der Waals surface area contributed by atoms with Crippen molar-refractivity contribution in [2.24, 2.45) is 11.3 Å². The van der Waals surface area contributed by atoms with Gasteiger partial charge >= 0.3 is 0 Å². The standard InChI is InChI=1S/C22H27FN6.C5H12.C4H9F2P.CH2O/c1-15-6-4-7-17(12-15)28-22-27-14-18(21(29-22)26-11-5-10-24-2)16-8-9-20(25-3)19(23)13-16;1-5(2,3)4;1-3(2)4(5,6)7;1-2/h4,6-9,12-14,24-25H,5,10-11H2,1-3H3,(H2,26,27,28,29);1-4H3;3H,7H2,1-2H3;1H2. The zero-order valence-corrected chi connectivity index (χ0v) is 28.2. The highest BCUT2D eigenvalue weighted by Crippen LogP contribution is 2.31. The summed E-state index contributed by atoms with van der Waals surface area (Å²) in [6.45, 7) is 17.4. The second kappa shape index (κ2) is 19.9. The van der Waals surface area contributed by atoms with Crippen molar-refractivity contribution < 1.29 is 18.0 Å². The van der Waals surface area contributed by atoms with Crippen LogP contribution in [0.5, 0.6) is 0 Å². The number of rotatable bonds is 10. The SMILES string of the molecule is C=O.CC(C)(C)C.CC(C)C(F)(F)P.CNCCCNc1nc(Nc2cccc(C)c2)ncc1-c1ccc(NC)c(F)c1. The highest BCUT2D eigenvalue weighted by Gasteiger charge is 2.25. The van der Waals surface area contributed by atoms with Crippen LogP contribution in [0.1, 0.15) is 53.5 Å². The maximum absolute atomic E-state index is 14.3. The van der Waals surface area contributed by atoms with Gasteiger partial charge in [0.05, 0.1) is 5.69 Å². The first kappa shape index (κ1) is 39.8. The number of carbonyl (C=O) groups is 1. The Morgan fingerprint density at radius 3 is 2.09 bits per heavy atom. The van der Waals surface area contributed by atoms with Crippen molar-refractivity contribution >= 4 is 39.2 Å². The fraction of sp³-hybridized carbons (Fsp3) is 0.469. The third-order valence-corrected chi connectivity index (χ3v) is 5.94. The minimum Gasteiger partial charge on any atom is -0.386 e.